The van der Waals surface area contributed by atoms with Crippen LogP contribution in [0.4, 0.5) is 9.52 Å². The summed E-state index contributed by atoms with van der Waals surface area (Å²) in [6.45, 7) is 0. The number of Topliss-reactive ketones (excluding diaryl/α,β-unsaturated/α-hetero) is 1. The molecule has 6 nitrogen and oxygen atoms in total. The number of hydrogen-bond acceptors (Lipinski definition) is 7. The number of amides is 1. The maximum absolute atomic E-state index is 13.5. The van der Waals surface area contributed by atoms with Crippen LogP contribution in [0.15, 0.2) is 87.2 Å². The van der Waals surface area contributed by atoms with Gasteiger partial charge in [-0.25, -0.2) is 4.39 Å². The molecule has 0 saturated carbocycles. The lowest BCUT2D eigenvalue weighted by molar-refractivity contribution is -0.132. The smallest absolute Gasteiger partial charge is 0.301 e. The topological polar surface area (TPSA) is 83.4 Å². The normalized spacial score (nSPS) is 16.9. The van der Waals surface area contributed by atoms with Gasteiger partial charge in [0.05, 0.1) is 11.6 Å². The molecule has 1 saturated heterocycles. The van der Waals surface area contributed by atoms with Crippen LogP contribution in [0, 0.1) is 5.82 Å². The Balaban J connectivity index is 1.54. The van der Waals surface area contributed by atoms with Crippen molar-refractivity contribution in [1.29, 1.82) is 0 Å². The monoisotopic (exact) mass is 615 g/mol. The third kappa shape index (κ3) is 5.19. The largest absolute Gasteiger partial charge is 0.507 e. The Morgan fingerprint density at radius 2 is 1.76 bits per heavy atom. The first-order chi connectivity index (χ1) is 17.8. The van der Waals surface area contributed by atoms with Gasteiger partial charge in [0.25, 0.3) is 5.78 Å². The van der Waals surface area contributed by atoms with Crippen LogP contribution in [0.2, 0.25) is 5.02 Å². The molecule has 1 aliphatic rings. The molecule has 1 aliphatic heterocycles. The van der Waals surface area contributed by atoms with Gasteiger partial charge in [-0.3, -0.25) is 14.5 Å². The van der Waals surface area contributed by atoms with Gasteiger partial charge in [0, 0.05) is 20.8 Å². The predicted octanol–water partition coefficient (Wildman–Crippen LogP) is 7.01. The number of rotatable bonds is 6. The van der Waals surface area contributed by atoms with E-state index in [1.165, 1.54) is 40.9 Å². The number of anilines is 1. The summed E-state index contributed by atoms with van der Waals surface area (Å²) in [5.41, 5.74) is 1.63. The fraction of sp³-hybridized carbons (Fsp3) is 0.0769. The van der Waals surface area contributed by atoms with Crippen LogP contribution < -0.4 is 4.90 Å². The average molecular weight is 617 g/mol. The maximum Gasteiger partial charge on any atom is 0.301 e. The molecule has 1 amide bonds. The van der Waals surface area contributed by atoms with Gasteiger partial charge in [0.1, 0.15) is 11.6 Å². The average Bonchev–Trinajstić information content (AvgIpc) is 3.46. The van der Waals surface area contributed by atoms with Crippen molar-refractivity contribution in [1.82, 2.24) is 10.2 Å². The summed E-state index contributed by atoms with van der Waals surface area (Å²) in [4.78, 5) is 27.7. The molecule has 0 spiro atoms. The number of ketones is 1. The van der Waals surface area contributed by atoms with Gasteiger partial charge in [-0.15, -0.1) is 10.2 Å². The molecule has 5 rings (SSSR count). The molecular weight excluding hydrogens is 601 g/mol. The standard InChI is InChI=1S/C26H16BrClFN3O3S2/c27-17-9-5-14(6-10-17)21-20(22(33)15-7-11-18(29)12-8-15)23(34)24(35)32(21)25-30-31-26(37-25)36-13-16-3-1-2-4-19(16)28/h1-12,21,33H,13H2/b22-20-. The number of carbonyl (C=O) groups excluding carboxylic acids is 2. The van der Waals surface area contributed by atoms with E-state index < -0.39 is 29.3 Å². The Kier molecular flexibility index (Phi) is 7.43. The van der Waals surface area contributed by atoms with Crippen molar-refractivity contribution >= 4 is 73.2 Å². The molecule has 37 heavy (non-hydrogen) atoms. The van der Waals surface area contributed by atoms with E-state index in [9.17, 15) is 19.1 Å². The zero-order valence-corrected chi connectivity index (χ0v) is 22.7. The van der Waals surface area contributed by atoms with Crippen molar-refractivity contribution in [2.75, 3.05) is 4.90 Å². The van der Waals surface area contributed by atoms with Crippen LogP contribution in [-0.4, -0.2) is 27.0 Å². The van der Waals surface area contributed by atoms with Crippen molar-refractivity contribution in [3.8, 4) is 0 Å². The quantitative estimate of drug-likeness (QED) is 0.0825. The first-order valence-electron chi connectivity index (χ1n) is 10.9. The van der Waals surface area contributed by atoms with E-state index in [2.05, 4.69) is 26.1 Å². The highest BCUT2D eigenvalue weighted by molar-refractivity contribution is 9.10. The molecule has 0 radical (unpaired) electrons. The minimum absolute atomic E-state index is 0.112. The Morgan fingerprint density at radius 1 is 1.05 bits per heavy atom. The Morgan fingerprint density at radius 3 is 2.46 bits per heavy atom. The van der Waals surface area contributed by atoms with Gasteiger partial charge in [-0.2, -0.15) is 0 Å². The van der Waals surface area contributed by atoms with Crippen LogP contribution in [0.25, 0.3) is 5.76 Å². The van der Waals surface area contributed by atoms with E-state index in [4.69, 9.17) is 11.6 Å². The highest BCUT2D eigenvalue weighted by Gasteiger charge is 2.48. The van der Waals surface area contributed by atoms with Gasteiger partial charge in [0.15, 0.2) is 4.34 Å². The molecule has 186 valence electrons. The Bertz CT molecular complexity index is 1530. The summed E-state index contributed by atoms with van der Waals surface area (Å²) in [6, 6.07) is 18.6. The molecule has 0 bridgehead atoms. The molecule has 11 heteroatoms. The lowest BCUT2D eigenvalue weighted by atomic mass is 9.95. The SMILES string of the molecule is O=C1C(=O)N(c2nnc(SCc3ccccc3Cl)s2)C(c2ccc(Br)cc2)/C1=C(/O)c1ccc(F)cc1. The van der Waals surface area contributed by atoms with Crippen molar-refractivity contribution in [3.63, 3.8) is 0 Å². The van der Waals surface area contributed by atoms with Crippen molar-refractivity contribution in [2.45, 2.75) is 16.1 Å². The molecule has 1 unspecified atom stereocenters. The lowest BCUT2D eigenvalue weighted by Gasteiger charge is -2.22. The third-order valence-electron chi connectivity index (χ3n) is 5.66. The zero-order chi connectivity index (χ0) is 26.1. The Labute approximate surface area is 232 Å². The van der Waals surface area contributed by atoms with Crippen molar-refractivity contribution < 1.29 is 19.1 Å². The minimum Gasteiger partial charge on any atom is -0.507 e. The molecule has 1 aromatic heterocycles. The van der Waals surface area contributed by atoms with Crippen molar-refractivity contribution in [3.05, 3.63) is 110 Å². The van der Waals surface area contributed by atoms with Crippen LogP contribution in [0.5, 0.6) is 0 Å². The van der Waals surface area contributed by atoms with E-state index in [1.807, 2.05) is 24.3 Å². The number of carbonyl (C=O) groups is 2. The van der Waals surface area contributed by atoms with E-state index in [0.717, 1.165) is 21.4 Å². The molecule has 4 aromatic rings. The predicted molar refractivity (Wildman–Crippen MR) is 146 cm³/mol. The van der Waals surface area contributed by atoms with E-state index >= 15 is 0 Å². The molecule has 1 fully saturated rings. The number of hydrogen-bond donors (Lipinski definition) is 1. The second kappa shape index (κ2) is 10.7. The Hall–Kier alpha value is -3.05. The summed E-state index contributed by atoms with van der Waals surface area (Å²) in [5.74, 6) is -2.04. The van der Waals surface area contributed by atoms with Gasteiger partial charge in [-0.05, 0) is 53.6 Å². The lowest BCUT2D eigenvalue weighted by Crippen LogP contribution is -2.29. The fourth-order valence-electron chi connectivity index (χ4n) is 3.87. The number of halogens is 3. The molecule has 2 heterocycles. The van der Waals surface area contributed by atoms with E-state index in [-0.39, 0.29) is 16.3 Å². The zero-order valence-electron chi connectivity index (χ0n) is 18.8. The third-order valence-corrected chi connectivity index (χ3v) is 8.66. The number of nitrogens with zero attached hydrogens (tertiary/aromatic N) is 3. The summed E-state index contributed by atoms with van der Waals surface area (Å²) < 4.78 is 14.9. The first-order valence-corrected chi connectivity index (χ1v) is 13.8. The van der Waals surface area contributed by atoms with Gasteiger partial charge in [0.2, 0.25) is 5.13 Å². The van der Waals surface area contributed by atoms with Crippen LogP contribution in [0.1, 0.15) is 22.7 Å². The number of aliphatic hydroxyl groups excluding tert-OH is 1. The van der Waals surface area contributed by atoms with Crippen LogP contribution in [-0.2, 0) is 15.3 Å². The second-order valence-electron chi connectivity index (χ2n) is 7.96. The number of thioether (sulfide) groups is 1. The highest BCUT2D eigenvalue weighted by atomic mass is 79.9. The summed E-state index contributed by atoms with van der Waals surface area (Å²) >= 11 is 12.2. The fourth-order valence-corrected chi connectivity index (χ4v) is 6.28. The summed E-state index contributed by atoms with van der Waals surface area (Å²) in [5, 5.41) is 20.3. The molecular formula is C26H16BrClFN3O3S2. The second-order valence-corrected chi connectivity index (χ2v) is 11.5. The highest BCUT2D eigenvalue weighted by Crippen LogP contribution is 2.44. The first kappa shape index (κ1) is 25.6. The minimum atomic E-state index is -0.951. The van der Waals surface area contributed by atoms with E-state index in [1.54, 1.807) is 24.3 Å². The molecule has 1 N–H and O–H groups in total. The van der Waals surface area contributed by atoms with Crippen LogP contribution >= 0.6 is 50.6 Å². The molecule has 3 aromatic carbocycles. The molecule has 1 atom stereocenters. The van der Waals surface area contributed by atoms with Gasteiger partial charge < -0.3 is 5.11 Å². The molecule has 0 aliphatic carbocycles. The van der Waals surface area contributed by atoms with Crippen LogP contribution in [0.3, 0.4) is 0 Å². The maximum atomic E-state index is 13.5. The number of benzene rings is 3. The number of aliphatic hydroxyl groups is 1. The van der Waals surface area contributed by atoms with Gasteiger partial charge in [-0.1, -0.05) is 81.0 Å². The van der Waals surface area contributed by atoms with E-state index in [0.29, 0.717) is 20.7 Å². The van der Waals surface area contributed by atoms with Gasteiger partial charge >= 0.3 is 5.91 Å². The summed E-state index contributed by atoms with van der Waals surface area (Å²) in [6.07, 6.45) is 0. The van der Waals surface area contributed by atoms with Crippen molar-refractivity contribution in [2.24, 2.45) is 0 Å². The summed E-state index contributed by atoms with van der Waals surface area (Å²) in [7, 11) is 0. The number of aromatic nitrogens is 2.